The molecule has 5 saturated carbocycles. The molecule has 7 aromatic carbocycles. The molecule has 0 unspecified atom stereocenters. The van der Waals surface area contributed by atoms with E-state index in [0.29, 0.717) is 0 Å². The largest absolute Gasteiger partial charge is 0.310 e. The quantitative estimate of drug-likeness (QED) is 0.175. The van der Waals surface area contributed by atoms with Crippen LogP contribution >= 0.6 is 0 Å². The van der Waals surface area contributed by atoms with Gasteiger partial charge in [0.1, 0.15) is 0 Å². The molecule has 4 bridgehead atoms. The van der Waals surface area contributed by atoms with Gasteiger partial charge in [0.25, 0.3) is 0 Å². The Hall–Kier alpha value is -5.40. The van der Waals surface area contributed by atoms with Gasteiger partial charge >= 0.3 is 0 Å². The molecule has 0 aliphatic heterocycles. The normalized spacial score (nSPS) is 25.4. The third-order valence-electron chi connectivity index (χ3n) is 16.0. The molecule has 5 fully saturated rings. The topological polar surface area (TPSA) is 3.24 Å². The molecule has 2 spiro atoms. The Labute approximate surface area is 331 Å². The standard InChI is InChI=1S/C55H47N/c1-2-12-44-37(10-1)11-9-15-45(44)38-18-20-41(21-19-38)56(42-23-25-51-49(33-42)47-14-3-5-16-50(47)54(51)26-7-8-27-54)43-22-24-48-46-13-4-6-17-52(46)55(53(48)34-43)39-29-35-28-36(31-39)32-40(55)30-35/h1-6,9-25,33-36,39-40H,7-8,26-32H2. The van der Waals surface area contributed by atoms with Crippen LogP contribution in [0.3, 0.4) is 0 Å². The molecule has 7 aliphatic carbocycles. The average molecular weight is 722 g/mol. The van der Waals surface area contributed by atoms with Crippen LogP contribution in [0, 0.1) is 23.7 Å². The van der Waals surface area contributed by atoms with Crippen molar-refractivity contribution in [2.75, 3.05) is 4.90 Å². The molecule has 1 nitrogen and oxygen atoms in total. The first-order valence-electron chi connectivity index (χ1n) is 21.6. The summed E-state index contributed by atoms with van der Waals surface area (Å²) in [6.45, 7) is 0. The third-order valence-corrected chi connectivity index (χ3v) is 16.0. The molecule has 7 aliphatic rings. The lowest BCUT2D eigenvalue weighted by Crippen LogP contribution is -2.55. The number of fused-ring (bicyclic) bond motifs is 9. The van der Waals surface area contributed by atoms with Crippen molar-refractivity contribution in [1.82, 2.24) is 0 Å². The Morgan fingerprint density at radius 3 is 1.77 bits per heavy atom. The Morgan fingerprint density at radius 1 is 0.411 bits per heavy atom. The average Bonchev–Trinajstić information content (AvgIpc) is 3.93. The van der Waals surface area contributed by atoms with E-state index in [1.165, 1.54) is 119 Å². The maximum Gasteiger partial charge on any atom is 0.0468 e. The van der Waals surface area contributed by atoms with Crippen molar-refractivity contribution in [3.63, 3.8) is 0 Å². The van der Waals surface area contributed by atoms with E-state index in [4.69, 9.17) is 0 Å². The maximum atomic E-state index is 2.66. The highest BCUT2D eigenvalue weighted by molar-refractivity contribution is 5.97. The van der Waals surface area contributed by atoms with Gasteiger partial charge in [-0.05, 0) is 171 Å². The molecule has 0 heterocycles. The number of benzene rings is 7. The van der Waals surface area contributed by atoms with E-state index in [1.54, 1.807) is 22.3 Å². The Balaban J connectivity index is 1.00. The van der Waals surface area contributed by atoms with Crippen LogP contribution in [0.5, 0.6) is 0 Å². The van der Waals surface area contributed by atoms with Gasteiger partial charge in [0, 0.05) is 27.9 Å². The molecule has 272 valence electrons. The first kappa shape index (κ1) is 31.8. The summed E-state index contributed by atoms with van der Waals surface area (Å²) < 4.78 is 0. The molecule has 7 aromatic rings. The van der Waals surface area contributed by atoms with E-state index >= 15 is 0 Å². The zero-order valence-corrected chi connectivity index (χ0v) is 32.1. The number of hydrogen-bond acceptors (Lipinski definition) is 1. The zero-order chi connectivity index (χ0) is 36.6. The Bertz CT molecular complexity index is 2690. The minimum absolute atomic E-state index is 0.130. The fourth-order valence-corrected chi connectivity index (χ4v) is 14.1. The van der Waals surface area contributed by atoms with E-state index in [9.17, 15) is 0 Å². The van der Waals surface area contributed by atoms with Crippen LogP contribution in [0.15, 0.2) is 152 Å². The van der Waals surface area contributed by atoms with Crippen LogP contribution in [0.1, 0.15) is 80.0 Å². The fourth-order valence-electron chi connectivity index (χ4n) is 14.1. The second kappa shape index (κ2) is 11.6. The van der Waals surface area contributed by atoms with Gasteiger partial charge in [-0.1, -0.05) is 128 Å². The summed E-state index contributed by atoms with van der Waals surface area (Å²) in [5.74, 6) is 3.33. The van der Waals surface area contributed by atoms with Crippen molar-refractivity contribution in [3.8, 4) is 33.4 Å². The minimum atomic E-state index is 0.130. The number of anilines is 3. The highest BCUT2D eigenvalue weighted by Gasteiger charge is 2.61. The molecule has 56 heavy (non-hydrogen) atoms. The Kier molecular flexibility index (Phi) is 6.57. The maximum absolute atomic E-state index is 2.66. The lowest BCUT2D eigenvalue weighted by molar-refractivity contribution is -0.0399. The van der Waals surface area contributed by atoms with E-state index < -0.39 is 0 Å². The van der Waals surface area contributed by atoms with Gasteiger partial charge in [-0.15, -0.1) is 0 Å². The lowest BCUT2D eigenvalue weighted by atomic mass is 9.43. The summed E-state index contributed by atoms with van der Waals surface area (Å²) in [7, 11) is 0. The van der Waals surface area contributed by atoms with Crippen LogP contribution in [-0.4, -0.2) is 0 Å². The highest BCUT2D eigenvalue weighted by Crippen LogP contribution is 2.69. The SMILES string of the molecule is c1ccc2c(c1)-c1cc(N(c3ccc(-c4cccc5ccccc45)cc3)c3ccc4c(c3)C3(c5ccccc5-4)C4CC5CC(C4)CC3C5)ccc1C21CCCC1. The Morgan fingerprint density at radius 2 is 0.982 bits per heavy atom. The van der Waals surface area contributed by atoms with Gasteiger partial charge in [0.15, 0.2) is 0 Å². The second-order valence-electron chi connectivity index (χ2n) is 18.4. The van der Waals surface area contributed by atoms with Crippen molar-refractivity contribution < 1.29 is 0 Å². The fraction of sp³-hybridized carbons (Fsp3) is 0.273. The molecular formula is C55H47N. The van der Waals surface area contributed by atoms with Crippen molar-refractivity contribution in [2.24, 2.45) is 23.7 Å². The first-order valence-corrected chi connectivity index (χ1v) is 21.6. The first-order chi connectivity index (χ1) is 27.7. The molecular weight excluding hydrogens is 675 g/mol. The predicted octanol–water partition coefficient (Wildman–Crippen LogP) is 14.5. The molecule has 14 rings (SSSR count). The summed E-state index contributed by atoms with van der Waals surface area (Å²) >= 11 is 0. The van der Waals surface area contributed by atoms with E-state index in [-0.39, 0.29) is 10.8 Å². The van der Waals surface area contributed by atoms with Gasteiger partial charge < -0.3 is 4.90 Å². The molecule has 0 amide bonds. The molecule has 0 aromatic heterocycles. The van der Waals surface area contributed by atoms with Crippen molar-refractivity contribution >= 4 is 27.8 Å². The van der Waals surface area contributed by atoms with Crippen LogP contribution < -0.4 is 4.90 Å². The van der Waals surface area contributed by atoms with Crippen LogP contribution in [0.25, 0.3) is 44.2 Å². The molecule has 0 saturated heterocycles. The molecule has 0 atom stereocenters. The van der Waals surface area contributed by atoms with Crippen molar-refractivity contribution in [2.45, 2.75) is 68.6 Å². The van der Waals surface area contributed by atoms with Crippen LogP contribution in [-0.2, 0) is 10.8 Å². The summed E-state index contributed by atoms with van der Waals surface area (Å²) in [5, 5.41) is 2.59. The lowest BCUT2D eigenvalue weighted by Gasteiger charge is -2.61. The van der Waals surface area contributed by atoms with Crippen molar-refractivity contribution in [1.29, 1.82) is 0 Å². The summed E-state index contributed by atoms with van der Waals surface area (Å²) in [6.07, 6.45) is 12.2. The number of nitrogens with zero attached hydrogens (tertiary/aromatic N) is 1. The molecule has 1 heteroatoms. The van der Waals surface area contributed by atoms with E-state index in [2.05, 4.69) is 157 Å². The van der Waals surface area contributed by atoms with Crippen LogP contribution in [0.2, 0.25) is 0 Å². The van der Waals surface area contributed by atoms with Gasteiger partial charge in [-0.3, -0.25) is 0 Å². The summed E-state index contributed by atoms with van der Waals surface area (Å²) in [5.41, 5.74) is 18.8. The smallest absolute Gasteiger partial charge is 0.0468 e. The van der Waals surface area contributed by atoms with E-state index in [1.807, 2.05) is 0 Å². The monoisotopic (exact) mass is 721 g/mol. The second-order valence-corrected chi connectivity index (χ2v) is 18.4. The molecule has 0 radical (unpaired) electrons. The van der Waals surface area contributed by atoms with Gasteiger partial charge in [-0.2, -0.15) is 0 Å². The zero-order valence-electron chi connectivity index (χ0n) is 32.1. The summed E-state index contributed by atoms with van der Waals surface area (Å²) in [6, 6.07) is 58.8. The predicted molar refractivity (Wildman–Crippen MR) is 232 cm³/mol. The van der Waals surface area contributed by atoms with Gasteiger partial charge in [-0.25, -0.2) is 0 Å². The summed E-state index contributed by atoms with van der Waals surface area (Å²) in [4.78, 5) is 2.59. The van der Waals surface area contributed by atoms with Gasteiger partial charge in [0.2, 0.25) is 0 Å². The van der Waals surface area contributed by atoms with Gasteiger partial charge in [0.05, 0.1) is 0 Å². The van der Waals surface area contributed by atoms with E-state index in [0.717, 1.165) is 23.7 Å². The number of rotatable bonds is 4. The van der Waals surface area contributed by atoms with Crippen LogP contribution in [0.4, 0.5) is 17.1 Å². The minimum Gasteiger partial charge on any atom is -0.310 e. The van der Waals surface area contributed by atoms with Crippen molar-refractivity contribution in [3.05, 3.63) is 174 Å². The third kappa shape index (κ3) is 4.16. The number of hydrogen-bond donors (Lipinski definition) is 0. The molecule has 0 N–H and O–H groups in total. The highest BCUT2D eigenvalue weighted by atomic mass is 15.1.